The SMILES string of the molecule is COc1ccc(CC(=O)c2cc3c(Br)cc(Br)cc3[nH]c2=O)cc1[N+](=O)[O-]. The van der Waals surface area contributed by atoms with Gasteiger partial charge in [0.1, 0.15) is 0 Å². The van der Waals surface area contributed by atoms with Crippen LogP contribution in [0.25, 0.3) is 10.9 Å². The van der Waals surface area contributed by atoms with E-state index in [0.29, 0.717) is 16.5 Å². The standard InChI is InChI=1S/C18H12Br2N2O5/c1-27-17-3-2-9(4-15(17)22(25)26)5-16(23)12-8-11-13(20)6-10(19)7-14(11)21-18(12)24/h2-4,6-8H,5H2,1H3,(H,21,24). The van der Waals surface area contributed by atoms with Gasteiger partial charge in [0.2, 0.25) is 0 Å². The summed E-state index contributed by atoms with van der Waals surface area (Å²) >= 11 is 6.76. The fourth-order valence-corrected chi connectivity index (χ4v) is 4.05. The van der Waals surface area contributed by atoms with E-state index in [-0.39, 0.29) is 23.4 Å². The number of carbonyl (C=O) groups is 1. The number of Topliss-reactive ketones (excluding diaryl/α,β-unsaturated/α-hetero) is 1. The lowest BCUT2D eigenvalue weighted by Crippen LogP contribution is -2.19. The van der Waals surface area contributed by atoms with Crippen molar-refractivity contribution in [2.45, 2.75) is 6.42 Å². The van der Waals surface area contributed by atoms with E-state index in [9.17, 15) is 19.7 Å². The third-order valence-corrected chi connectivity index (χ3v) is 5.09. The summed E-state index contributed by atoms with van der Waals surface area (Å²) in [6.45, 7) is 0. The molecule has 0 bridgehead atoms. The van der Waals surface area contributed by atoms with E-state index < -0.39 is 16.3 Å². The molecule has 0 amide bonds. The summed E-state index contributed by atoms with van der Waals surface area (Å²) in [4.78, 5) is 38.2. The fraction of sp³-hybridized carbons (Fsp3) is 0.111. The molecular formula is C18H12Br2N2O5. The third-order valence-electron chi connectivity index (χ3n) is 3.98. The first kappa shape index (κ1) is 19.2. The van der Waals surface area contributed by atoms with Gasteiger partial charge in [0, 0.05) is 26.8 Å². The van der Waals surface area contributed by atoms with Crippen LogP contribution in [0.1, 0.15) is 15.9 Å². The molecule has 7 nitrogen and oxygen atoms in total. The number of ether oxygens (including phenoxy) is 1. The number of aromatic nitrogens is 1. The number of nitrogens with zero attached hydrogens (tertiary/aromatic N) is 1. The number of aromatic amines is 1. The van der Waals surface area contributed by atoms with Crippen molar-refractivity contribution < 1.29 is 14.5 Å². The van der Waals surface area contributed by atoms with Crippen LogP contribution in [0.5, 0.6) is 5.75 Å². The van der Waals surface area contributed by atoms with Crippen molar-refractivity contribution in [1.82, 2.24) is 4.98 Å². The lowest BCUT2D eigenvalue weighted by Gasteiger charge is -2.07. The van der Waals surface area contributed by atoms with Crippen molar-refractivity contribution in [3.05, 3.63) is 76.9 Å². The zero-order valence-electron chi connectivity index (χ0n) is 13.9. The first-order valence-electron chi connectivity index (χ1n) is 7.66. The van der Waals surface area contributed by atoms with Gasteiger partial charge >= 0.3 is 5.69 Å². The highest BCUT2D eigenvalue weighted by atomic mass is 79.9. The molecule has 1 aromatic heterocycles. The Bertz CT molecular complexity index is 1140. The second-order valence-corrected chi connectivity index (χ2v) is 7.49. The van der Waals surface area contributed by atoms with Gasteiger partial charge in [-0.2, -0.15) is 0 Å². The molecule has 0 saturated carbocycles. The number of carbonyl (C=O) groups excluding carboxylic acids is 1. The van der Waals surface area contributed by atoms with E-state index in [1.165, 1.54) is 25.3 Å². The van der Waals surface area contributed by atoms with Crippen LogP contribution >= 0.6 is 31.9 Å². The van der Waals surface area contributed by atoms with Crippen molar-refractivity contribution in [3.63, 3.8) is 0 Å². The molecule has 27 heavy (non-hydrogen) atoms. The van der Waals surface area contributed by atoms with Crippen LogP contribution in [0.4, 0.5) is 5.69 Å². The van der Waals surface area contributed by atoms with Crippen LogP contribution in [0, 0.1) is 10.1 Å². The molecule has 3 aromatic rings. The number of ketones is 1. The number of nitro groups is 1. The molecule has 2 aromatic carbocycles. The van der Waals surface area contributed by atoms with Gasteiger partial charge in [-0.15, -0.1) is 0 Å². The van der Waals surface area contributed by atoms with Gasteiger partial charge in [0.05, 0.1) is 23.1 Å². The number of H-pyrrole nitrogens is 1. The molecule has 138 valence electrons. The average Bonchev–Trinajstić information content (AvgIpc) is 2.60. The van der Waals surface area contributed by atoms with E-state index in [4.69, 9.17) is 4.74 Å². The Balaban J connectivity index is 1.99. The third kappa shape index (κ3) is 3.93. The maximum absolute atomic E-state index is 12.6. The second-order valence-electron chi connectivity index (χ2n) is 5.72. The number of nitro benzene ring substituents is 1. The van der Waals surface area contributed by atoms with E-state index in [1.807, 2.05) is 6.07 Å². The summed E-state index contributed by atoms with van der Waals surface area (Å²) in [7, 11) is 1.33. The summed E-state index contributed by atoms with van der Waals surface area (Å²) < 4.78 is 6.45. The lowest BCUT2D eigenvalue weighted by molar-refractivity contribution is -0.385. The molecule has 0 spiro atoms. The Morgan fingerprint density at radius 3 is 2.63 bits per heavy atom. The molecule has 1 heterocycles. The Morgan fingerprint density at radius 1 is 1.22 bits per heavy atom. The van der Waals surface area contributed by atoms with Crippen molar-refractivity contribution in [3.8, 4) is 5.75 Å². The number of nitrogens with one attached hydrogen (secondary N) is 1. The normalized spacial score (nSPS) is 10.8. The topological polar surface area (TPSA) is 102 Å². The molecule has 0 radical (unpaired) electrons. The summed E-state index contributed by atoms with van der Waals surface area (Å²) in [6, 6.07) is 9.33. The quantitative estimate of drug-likeness (QED) is 0.321. The van der Waals surface area contributed by atoms with Crippen molar-refractivity contribution in [2.75, 3.05) is 7.11 Å². The van der Waals surface area contributed by atoms with Crippen molar-refractivity contribution in [2.24, 2.45) is 0 Å². The van der Waals surface area contributed by atoms with Crippen LogP contribution < -0.4 is 10.3 Å². The Morgan fingerprint density at radius 2 is 1.96 bits per heavy atom. The van der Waals surface area contributed by atoms with Gasteiger partial charge in [0.25, 0.3) is 5.56 Å². The highest BCUT2D eigenvalue weighted by Gasteiger charge is 2.19. The lowest BCUT2D eigenvalue weighted by atomic mass is 10.0. The van der Waals surface area contributed by atoms with Gasteiger partial charge in [-0.3, -0.25) is 19.7 Å². The molecule has 0 aliphatic heterocycles. The summed E-state index contributed by atoms with van der Waals surface area (Å²) in [5.74, 6) is -0.332. The van der Waals surface area contributed by atoms with Crippen LogP contribution in [0.3, 0.4) is 0 Å². The molecule has 9 heteroatoms. The number of fused-ring (bicyclic) bond motifs is 1. The highest BCUT2D eigenvalue weighted by molar-refractivity contribution is 9.11. The first-order chi connectivity index (χ1) is 12.8. The fourth-order valence-electron chi connectivity index (χ4n) is 2.71. The van der Waals surface area contributed by atoms with Crippen molar-refractivity contribution in [1.29, 1.82) is 0 Å². The Hall–Kier alpha value is -2.52. The monoisotopic (exact) mass is 494 g/mol. The molecule has 1 N–H and O–H groups in total. The molecule has 0 aliphatic rings. The van der Waals surface area contributed by atoms with Gasteiger partial charge in [-0.1, -0.05) is 37.9 Å². The van der Waals surface area contributed by atoms with Crippen LogP contribution in [0.15, 0.2) is 50.1 Å². The number of pyridine rings is 1. The number of hydrogen-bond acceptors (Lipinski definition) is 5. The van der Waals surface area contributed by atoms with Crippen LogP contribution in [-0.2, 0) is 6.42 Å². The minimum atomic E-state index is -0.579. The molecule has 0 saturated heterocycles. The largest absolute Gasteiger partial charge is 0.490 e. The molecule has 0 atom stereocenters. The highest BCUT2D eigenvalue weighted by Crippen LogP contribution is 2.29. The van der Waals surface area contributed by atoms with Gasteiger partial charge in [0.15, 0.2) is 11.5 Å². The van der Waals surface area contributed by atoms with Gasteiger partial charge in [-0.25, -0.2) is 0 Å². The first-order valence-corrected chi connectivity index (χ1v) is 9.25. The zero-order valence-corrected chi connectivity index (χ0v) is 17.1. The van der Waals surface area contributed by atoms with E-state index in [2.05, 4.69) is 36.8 Å². The Labute approximate surface area is 169 Å². The molecule has 0 aliphatic carbocycles. The number of methoxy groups -OCH3 is 1. The maximum Gasteiger partial charge on any atom is 0.311 e. The predicted octanol–water partition coefficient (Wildman–Crippen LogP) is 4.40. The van der Waals surface area contributed by atoms with Gasteiger partial charge < -0.3 is 9.72 Å². The smallest absolute Gasteiger partial charge is 0.311 e. The molecule has 0 fully saturated rings. The summed E-state index contributed by atoms with van der Waals surface area (Å²) in [5, 5.41) is 11.8. The minimum Gasteiger partial charge on any atom is -0.490 e. The van der Waals surface area contributed by atoms with Crippen LogP contribution in [-0.4, -0.2) is 22.8 Å². The Kier molecular flexibility index (Phi) is 5.43. The molecule has 0 unspecified atom stereocenters. The van der Waals surface area contributed by atoms with Crippen LogP contribution in [0.2, 0.25) is 0 Å². The van der Waals surface area contributed by atoms with E-state index >= 15 is 0 Å². The number of rotatable bonds is 5. The summed E-state index contributed by atoms with van der Waals surface area (Å²) in [6.07, 6.45) is -0.145. The van der Waals surface area contributed by atoms with E-state index in [1.54, 1.807) is 12.1 Å². The maximum atomic E-state index is 12.6. The van der Waals surface area contributed by atoms with Gasteiger partial charge in [-0.05, 0) is 29.8 Å². The molecular weight excluding hydrogens is 484 g/mol. The number of halogens is 2. The number of hydrogen-bond donors (Lipinski definition) is 1. The second kappa shape index (κ2) is 7.61. The van der Waals surface area contributed by atoms with Crippen molar-refractivity contribution >= 4 is 54.2 Å². The average molecular weight is 496 g/mol. The zero-order chi connectivity index (χ0) is 19.7. The molecule has 3 rings (SSSR count). The number of benzene rings is 2. The summed E-state index contributed by atoms with van der Waals surface area (Å²) in [5.41, 5.74) is 0.243. The van der Waals surface area contributed by atoms with E-state index in [0.717, 1.165) is 8.95 Å². The minimum absolute atomic E-state index is 0.0102. The predicted molar refractivity (Wildman–Crippen MR) is 108 cm³/mol.